The van der Waals surface area contributed by atoms with Crippen molar-refractivity contribution in [3.05, 3.63) is 42.1 Å². The van der Waals surface area contributed by atoms with Gasteiger partial charge >= 0.3 is 0 Å². The number of hydrogen-bond acceptors (Lipinski definition) is 4. The van der Waals surface area contributed by atoms with E-state index in [0.29, 0.717) is 26.2 Å². The highest BCUT2D eigenvalue weighted by atomic mass is 32.2. The van der Waals surface area contributed by atoms with Gasteiger partial charge in [-0.05, 0) is 30.7 Å². The maximum Gasteiger partial charge on any atom is 0.260 e. The van der Waals surface area contributed by atoms with Crippen LogP contribution in [0.15, 0.2) is 41.6 Å². The molecule has 0 atom stereocenters. The maximum absolute atomic E-state index is 12.8. The molecule has 1 N–H and O–H groups in total. The fraction of sp³-hybridized carbons (Fsp3) is 0.357. The molecule has 0 unspecified atom stereocenters. The highest BCUT2D eigenvalue weighted by molar-refractivity contribution is 7.89. The van der Waals surface area contributed by atoms with E-state index in [9.17, 15) is 8.42 Å². The van der Waals surface area contributed by atoms with Crippen LogP contribution in [-0.4, -0.2) is 48.7 Å². The average Bonchev–Trinajstić information content (AvgIpc) is 2.98. The quantitative estimate of drug-likeness (QED) is 0.910. The second kappa shape index (κ2) is 5.59. The standard InChI is InChI=1S/C14H18N4O2S/c1-12-3-2-4-13(11-12)18-14(5-6-16-18)21(19,20)17-9-7-15-8-10-17/h2-6,11,15H,7-10H2,1H3. The van der Waals surface area contributed by atoms with Crippen LogP contribution in [0.5, 0.6) is 0 Å². The summed E-state index contributed by atoms with van der Waals surface area (Å²) in [5.41, 5.74) is 1.82. The number of sulfonamides is 1. The van der Waals surface area contributed by atoms with Gasteiger partial charge in [-0.25, -0.2) is 13.1 Å². The third kappa shape index (κ3) is 2.72. The van der Waals surface area contributed by atoms with E-state index in [4.69, 9.17) is 0 Å². The molecule has 0 radical (unpaired) electrons. The zero-order valence-corrected chi connectivity index (χ0v) is 12.7. The minimum Gasteiger partial charge on any atom is -0.314 e. The van der Waals surface area contributed by atoms with E-state index in [1.54, 1.807) is 6.07 Å². The van der Waals surface area contributed by atoms with Gasteiger partial charge in [0.15, 0.2) is 5.03 Å². The molecule has 1 aromatic heterocycles. The summed E-state index contributed by atoms with van der Waals surface area (Å²) in [4.78, 5) is 0. The van der Waals surface area contributed by atoms with Gasteiger partial charge in [0, 0.05) is 26.2 Å². The first-order chi connectivity index (χ1) is 10.1. The number of hydrogen-bond donors (Lipinski definition) is 1. The molecule has 21 heavy (non-hydrogen) atoms. The van der Waals surface area contributed by atoms with Crippen LogP contribution in [0, 0.1) is 6.92 Å². The highest BCUT2D eigenvalue weighted by Gasteiger charge is 2.29. The minimum absolute atomic E-state index is 0.218. The molecule has 0 bridgehead atoms. The fourth-order valence-electron chi connectivity index (χ4n) is 2.46. The minimum atomic E-state index is -3.52. The molecule has 0 amide bonds. The Kier molecular flexibility index (Phi) is 3.79. The predicted octanol–water partition coefficient (Wildman–Crippen LogP) is 0.775. The lowest BCUT2D eigenvalue weighted by Gasteiger charge is -2.26. The van der Waals surface area contributed by atoms with Crippen LogP contribution in [0.1, 0.15) is 5.56 Å². The van der Waals surface area contributed by atoms with Crippen molar-refractivity contribution in [3.63, 3.8) is 0 Å². The number of aromatic nitrogens is 2. The lowest BCUT2D eigenvalue weighted by molar-refractivity contribution is 0.358. The van der Waals surface area contributed by atoms with Crippen molar-refractivity contribution in [2.24, 2.45) is 0 Å². The summed E-state index contributed by atoms with van der Waals surface area (Å²) in [6.07, 6.45) is 1.53. The zero-order valence-electron chi connectivity index (χ0n) is 11.9. The number of nitrogens with zero attached hydrogens (tertiary/aromatic N) is 3. The number of nitrogens with one attached hydrogen (secondary N) is 1. The number of benzene rings is 1. The van der Waals surface area contributed by atoms with E-state index >= 15 is 0 Å². The third-order valence-corrected chi connectivity index (χ3v) is 5.42. The molecule has 1 saturated heterocycles. The average molecular weight is 306 g/mol. The Morgan fingerprint density at radius 3 is 2.67 bits per heavy atom. The van der Waals surface area contributed by atoms with Crippen LogP contribution in [0.4, 0.5) is 0 Å². The Bertz CT molecular complexity index is 733. The predicted molar refractivity (Wildman–Crippen MR) is 79.9 cm³/mol. The Balaban J connectivity index is 2.02. The molecule has 7 heteroatoms. The number of aryl methyl sites for hydroxylation is 1. The van der Waals surface area contributed by atoms with Crippen molar-refractivity contribution in [3.8, 4) is 5.69 Å². The van der Waals surface area contributed by atoms with E-state index < -0.39 is 10.0 Å². The smallest absolute Gasteiger partial charge is 0.260 e. The van der Waals surface area contributed by atoms with Crippen LogP contribution in [-0.2, 0) is 10.0 Å². The molecule has 6 nitrogen and oxygen atoms in total. The molecule has 1 aliphatic heterocycles. The molecule has 2 heterocycles. The summed E-state index contributed by atoms with van der Waals surface area (Å²) in [7, 11) is -3.52. The lowest BCUT2D eigenvalue weighted by Crippen LogP contribution is -2.46. The van der Waals surface area contributed by atoms with Gasteiger partial charge in [0.25, 0.3) is 10.0 Å². The van der Waals surface area contributed by atoms with Crippen molar-refractivity contribution in [2.45, 2.75) is 11.9 Å². The summed E-state index contributed by atoms with van der Waals surface area (Å²) in [6.45, 7) is 4.30. The van der Waals surface area contributed by atoms with Crippen LogP contribution in [0.25, 0.3) is 5.69 Å². The SMILES string of the molecule is Cc1cccc(-n2nccc2S(=O)(=O)N2CCNCC2)c1. The van der Waals surface area contributed by atoms with Crippen molar-refractivity contribution < 1.29 is 8.42 Å². The Hall–Kier alpha value is -1.70. The van der Waals surface area contributed by atoms with Crippen LogP contribution < -0.4 is 5.32 Å². The zero-order chi connectivity index (χ0) is 14.9. The normalized spacial score (nSPS) is 17.0. The molecule has 0 aliphatic carbocycles. The van der Waals surface area contributed by atoms with Crippen molar-refractivity contribution in [1.82, 2.24) is 19.4 Å². The van der Waals surface area contributed by atoms with Gasteiger partial charge in [0.05, 0.1) is 11.9 Å². The van der Waals surface area contributed by atoms with Gasteiger partial charge in [-0.15, -0.1) is 0 Å². The fourth-order valence-corrected chi connectivity index (χ4v) is 3.99. The third-order valence-electron chi connectivity index (χ3n) is 3.53. The summed E-state index contributed by atoms with van der Waals surface area (Å²) >= 11 is 0. The Morgan fingerprint density at radius 1 is 1.19 bits per heavy atom. The summed E-state index contributed by atoms with van der Waals surface area (Å²) in [5.74, 6) is 0. The molecular formula is C14H18N4O2S. The Morgan fingerprint density at radius 2 is 1.95 bits per heavy atom. The number of piperazine rings is 1. The first-order valence-electron chi connectivity index (χ1n) is 6.91. The van der Waals surface area contributed by atoms with Gasteiger partial charge in [-0.2, -0.15) is 9.40 Å². The van der Waals surface area contributed by atoms with Crippen molar-refractivity contribution in [2.75, 3.05) is 26.2 Å². The van der Waals surface area contributed by atoms with Gasteiger partial charge in [0.1, 0.15) is 0 Å². The van der Waals surface area contributed by atoms with Gasteiger partial charge in [-0.3, -0.25) is 0 Å². The first-order valence-corrected chi connectivity index (χ1v) is 8.35. The molecule has 3 rings (SSSR count). The maximum atomic E-state index is 12.8. The molecule has 1 aliphatic rings. The molecule has 112 valence electrons. The topological polar surface area (TPSA) is 67.2 Å². The second-order valence-electron chi connectivity index (χ2n) is 5.07. The largest absolute Gasteiger partial charge is 0.314 e. The van der Waals surface area contributed by atoms with Crippen LogP contribution in [0.2, 0.25) is 0 Å². The molecule has 1 aromatic carbocycles. The first kappa shape index (κ1) is 14.2. The van der Waals surface area contributed by atoms with E-state index in [0.717, 1.165) is 11.3 Å². The second-order valence-corrected chi connectivity index (χ2v) is 6.96. The lowest BCUT2D eigenvalue weighted by atomic mass is 10.2. The van der Waals surface area contributed by atoms with E-state index in [-0.39, 0.29) is 5.03 Å². The summed E-state index contributed by atoms with van der Waals surface area (Å²) in [6, 6.07) is 9.20. The van der Waals surface area contributed by atoms with Crippen LogP contribution >= 0.6 is 0 Å². The van der Waals surface area contributed by atoms with Crippen molar-refractivity contribution >= 4 is 10.0 Å². The highest BCUT2D eigenvalue weighted by Crippen LogP contribution is 2.20. The molecular weight excluding hydrogens is 288 g/mol. The van der Waals surface area contributed by atoms with E-state index in [2.05, 4.69) is 10.4 Å². The number of rotatable bonds is 3. The van der Waals surface area contributed by atoms with Gasteiger partial charge in [0.2, 0.25) is 0 Å². The molecule has 0 saturated carbocycles. The molecule has 0 spiro atoms. The summed E-state index contributed by atoms with van der Waals surface area (Å²) in [5, 5.41) is 7.56. The van der Waals surface area contributed by atoms with E-state index in [1.165, 1.54) is 15.2 Å². The monoisotopic (exact) mass is 306 g/mol. The van der Waals surface area contributed by atoms with Crippen LogP contribution in [0.3, 0.4) is 0 Å². The molecule has 1 fully saturated rings. The van der Waals surface area contributed by atoms with Crippen molar-refractivity contribution in [1.29, 1.82) is 0 Å². The van der Waals surface area contributed by atoms with E-state index in [1.807, 2.05) is 31.2 Å². The van der Waals surface area contributed by atoms with Gasteiger partial charge < -0.3 is 5.32 Å². The molecule has 2 aromatic rings. The summed E-state index contributed by atoms with van der Waals surface area (Å²) < 4.78 is 28.5. The van der Waals surface area contributed by atoms with Gasteiger partial charge in [-0.1, -0.05) is 12.1 Å². The Labute approximate surface area is 124 Å².